The summed E-state index contributed by atoms with van der Waals surface area (Å²) in [6, 6.07) is 10.6. The lowest BCUT2D eigenvalue weighted by molar-refractivity contribution is -0.137. The molecule has 5 nitrogen and oxygen atoms in total. The number of amides is 1. The molecule has 1 atom stereocenters. The fraction of sp³-hybridized carbons (Fsp3) is 0.500. The fourth-order valence-electron chi connectivity index (χ4n) is 4.65. The second kappa shape index (κ2) is 6.30. The third kappa shape index (κ3) is 2.86. The van der Waals surface area contributed by atoms with Gasteiger partial charge in [-0.3, -0.25) is 14.4 Å². The molecule has 0 unspecified atom stereocenters. The Morgan fingerprint density at radius 1 is 1.16 bits per heavy atom. The summed E-state index contributed by atoms with van der Waals surface area (Å²) in [5, 5.41) is 4.26. The molecule has 2 aliphatic heterocycles. The molecule has 132 valence electrons. The van der Waals surface area contributed by atoms with E-state index in [0.29, 0.717) is 11.8 Å². The van der Waals surface area contributed by atoms with Crippen molar-refractivity contribution < 1.29 is 4.79 Å². The predicted octanol–water partition coefficient (Wildman–Crippen LogP) is 2.26. The van der Waals surface area contributed by atoms with E-state index in [0.717, 1.165) is 39.0 Å². The van der Waals surface area contributed by atoms with Gasteiger partial charge in [-0.05, 0) is 31.5 Å². The summed E-state index contributed by atoms with van der Waals surface area (Å²) in [6.07, 6.45) is 5.89. The minimum atomic E-state index is -0.221. The number of benzene rings is 1. The summed E-state index contributed by atoms with van der Waals surface area (Å²) >= 11 is 0. The Hall–Kier alpha value is -2.14. The van der Waals surface area contributed by atoms with E-state index < -0.39 is 0 Å². The molecule has 0 radical (unpaired) electrons. The number of hydrogen-bond donors (Lipinski definition) is 0. The summed E-state index contributed by atoms with van der Waals surface area (Å²) in [5.74, 6) is 0.647. The van der Waals surface area contributed by atoms with Gasteiger partial charge in [-0.25, -0.2) is 0 Å². The number of aryl methyl sites for hydroxylation is 1. The maximum absolute atomic E-state index is 13.0. The number of hydrogen-bond acceptors (Lipinski definition) is 3. The standard InChI is InChI=1S/C20H26N4O/c1-22-15-18(17-6-4-3-5-7-17)20(19(22)25)8-10-24(11-9-20)14-16-12-21-23(2)13-16/h3-7,12-13,18H,8-11,14-15H2,1-2H3/t18-/m0/s1. The van der Waals surface area contributed by atoms with Gasteiger partial charge in [-0.2, -0.15) is 5.10 Å². The van der Waals surface area contributed by atoms with Crippen LogP contribution in [0.3, 0.4) is 0 Å². The number of piperidine rings is 1. The largest absolute Gasteiger partial charge is 0.345 e. The Labute approximate surface area is 149 Å². The Balaban J connectivity index is 1.51. The first kappa shape index (κ1) is 16.3. The molecule has 0 bridgehead atoms. The van der Waals surface area contributed by atoms with E-state index in [9.17, 15) is 4.79 Å². The van der Waals surface area contributed by atoms with Crippen molar-refractivity contribution in [3.8, 4) is 0 Å². The summed E-state index contributed by atoms with van der Waals surface area (Å²) in [7, 11) is 3.90. The first-order valence-corrected chi connectivity index (χ1v) is 9.09. The van der Waals surface area contributed by atoms with Crippen molar-refractivity contribution >= 4 is 5.91 Å². The zero-order valence-electron chi connectivity index (χ0n) is 15.1. The van der Waals surface area contributed by atoms with E-state index >= 15 is 0 Å². The smallest absolute Gasteiger partial charge is 0.229 e. The first-order chi connectivity index (χ1) is 12.1. The van der Waals surface area contributed by atoms with Crippen molar-refractivity contribution in [2.45, 2.75) is 25.3 Å². The molecule has 3 heterocycles. The van der Waals surface area contributed by atoms with Crippen LogP contribution in [0.15, 0.2) is 42.7 Å². The van der Waals surface area contributed by atoms with E-state index in [1.165, 1.54) is 11.1 Å². The van der Waals surface area contributed by atoms with Crippen molar-refractivity contribution in [3.63, 3.8) is 0 Å². The van der Waals surface area contributed by atoms with E-state index in [2.05, 4.69) is 40.5 Å². The van der Waals surface area contributed by atoms with Crippen LogP contribution in [-0.4, -0.2) is 52.2 Å². The van der Waals surface area contributed by atoms with E-state index in [4.69, 9.17) is 0 Å². The maximum atomic E-state index is 13.0. The van der Waals surface area contributed by atoms with Crippen molar-refractivity contribution in [1.29, 1.82) is 0 Å². The van der Waals surface area contributed by atoms with Crippen LogP contribution >= 0.6 is 0 Å². The molecule has 0 aliphatic carbocycles. The molecular weight excluding hydrogens is 312 g/mol. The average Bonchev–Trinajstić information content (AvgIpc) is 3.14. The predicted molar refractivity (Wildman–Crippen MR) is 97.0 cm³/mol. The van der Waals surface area contributed by atoms with Crippen LogP contribution < -0.4 is 0 Å². The molecule has 2 fully saturated rings. The molecule has 2 aliphatic rings. The number of rotatable bonds is 3. The van der Waals surface area contributed by atoms with Gasteiger partial charge in [-0.1, -0.05) is 30.3 Å². The van der Waals surface area contributed by atoms with Crippen molar-refractivity contribution in [2.75, 3.05) is 26.7 Å². The average molecular weight is 338 g/mol. The lowest BCUT2D eigenvalue weighted by atomic mass is 9.68. The van der Waals surface area contributed by atoms with Gasteiger partial charge in [0.2, 0.25) is 5.91 Å². The fourth-order valence-corrected chi connectivity index (χ4v) is 4.65. The Morgan fingerprint density at radius 3 is 2.52 bits per heavy atom. The lowest BCUT2D eigenvalue weighted by Gasteiger charge is -2.41. The Bertz CT molecular complexity index is 746. The van der Waals surface area contributed by atoms with Gasteiger partial charge in [0.15, 0.2) is 0 Å². The maximum Gasteiger partial charge on any atom is 0.229 e. The minimum Gasteiger partial charge on any atom is -0.345 e. The highest BCUT2D eigenvalue weighted by molar-refractivity contribution is 5.86. The van der Waals surface area contributed by atoms with Crippen LogP contribution in [0.4, 0.5) is 0 Å². The van der Waals surface area contributed by atoms with Gasteiger partial charge in [0.25, 0.3) is 0 Å². The van der Waals surface area contributed by atoms with Crippen molar-refractivity contribution in [3.05, 3.63) is 53.9 Å². The van der Waals surface area contributed by atoms with Gasteiger partial charge in [0.1, 0.15) is 0 Å². The molecular formula is C20H26N4O. The third-order valence-corrected chi connectivity index (χ3v) is 6.01. The third-order valence-electron chi connectivity index (χ3n) is 6.01. The number of likely N-dealkylation sites (N-methyl/N-ethyl adjacent to an activating group) is 1. The highest BCUT2D eigenvalue weighted by Gasteiger charge is 2.54. The lowest BCUT2D eigenvalue weighted by Crippen LogP contribution is -2.45. The highest BCUT2D eigenvalue weighted by atomic mass is 16.2. The zero-order valence-corrected chi connectivity index (χ0v) is 15.1. The SMILES string of the molecule is CN1C[C@@H](c2ccccc2)C2(CCN(Cc3cnn(C)c3)CC2)C1=O. The second-order valence-corrected chi connectivity index (χ2v) is 7.60. The number of carbonyl (C=O) groups excluding carboxylic acids is 1. The van der Waals surface area contributed by atoms with Crippen LogP contribution in [-0.2, 0) is 18.4 Å². The normalized spacial score (nSPS) is 23.5. The Kier molecular flexibility index (Phi) is 4.12. The zero-order chi connectivity index (χ0) is 17.4. The number of nitrogens with zero attached hydrogens (tertiary/aromatic N) is 4. The molecule has 0 saturated carbocycles. The molecule has 1 spiro atoms. The molecule has 1 aromatic heterocycles. The van der Waals surface area contributed by atoms with Crippen LogP contribution in [0, 0.1) is 5.41 Å². The second-order valence-electron chi connectivity index (χ2n) is 7.60. The molecule has 1 amide bonds. The van der Waals surface area contributed by atoms with Crippen LogP contribution in [0.25, 0.3) is 0 Å². The van der Waals surface area contributed by atoms with Gasteiger partial charge in [0.05, 0.1) is 11.6 Å². The summed E-state index contributed by atoms with van der Waals surface area (Å²) in [5.41, 5.74) is 2.33. The molecule has 2 aromatic rings. The number of likely N-dealkylation sites (tertiary alicyclic amines) is 2. The Morgan fingerprint density at radius 2 is 1.88 bits per heavy atom. The van der Waals surface area contributed by atoms with Crippen LogP contribution in [0.1, 0.15) is 29.9 Å². The van der Waals surface area contributed by atoms with Gasteiger partial charge < -0.3 is 4.90 Å². The number of aromatic nitrogens is 2. The quantitative estimate of drug-likeness (QED) is 0.862. The van der Waals surface area contributed by atoms with E-state index in [-0.39, 0.29) is 5.41 Å². The molecule has 5 heteroatoms. The molecule has 0 N–H and O–H groups in total. The first-order valence-electron chi connectivity index (χ1n) is 9.09. The topological polar surface area (TPSA) is 41.4 Å². The molecule has 25 heavy (non-hydrogen) atoms. The van der Waals surface area contributed by atoms with E-state index in [1.807, 2.05) is 35.9 Å². The van der Waals surface area contributed by atoms with Crippen LogP contribution in [0.5, 0.6) is 0 Å². The highest BCUT2D eigenvalue weighted by Crippen LogP contribution is 2.50. The molecule has 2 saturated heterocycles. The minimum absolute atomic E-state index is 0.221. The summed E-state index contributed by atoms with van der Waals surface area (Å²) in [4.78, 5) is 17.4. The van der Waals surface area contributed by atoms with Gasteiger partial charge in [-0.15, -0.1) is 0 Å². The van der Waals surface area contributed by atoms with Gasteiger partial charge >= 0.3 is 0 Å². The van der Waals surface area contributed by atoms with Crippen molar-refractivity contribution in [1.82, 2.24) is 19.6 Å². The van der Waals surface area contributed by atoms with Gasteiger partial charge in [0, 0.05) is 44.9 Å². The number of carbonyl (C=O) groups is 1. The molecule has 1 aromatic carbocycles. The van der Waals surface area contributed by atoms with Crippen molar-refractivity contribution in [2.24, 2.45) is 12.5 Å². The van der Waals surface area contributed by atoms with Crippen LogP contribution in [0.2, 0.25) is 0 Å². The summed E-state index contributed by atoms with van der Waals surface area (Å²) in [6.45, 7) is 3.70. The molecule has 4 rings (SSSR count). The van der Waals surface area contributed by atoms with E-state index in [1.54, 1.807) is 0 Å². The monoisotopic (exact) mass is 338 g/mol. The summed E-state index contributed by atoms with van der Waals surface area (Å²) < 4.78 is 1.85.